The molecule has 0 aromatic heterocycles. The van der Waals surface area contributed by atoms with Gasteiger partial charge in [0.15, 0.2) is 0 Å². The molecule has 130 valence electrons. The van der Waals surface area contributed by atoms with Crippen LogP contribution in [0.3, 0.4) is 0 Å². The Morgan fingerprint density at radius 1 is 1.08 bits per heavy atom. The van der Waals surface area contributed by atoms with Gasteiger partial charge in [-0.2, -0.15) is 0 Å². The highest BCUT2D eigenvalue weighted by Gasteiger charge is 2.25. The maximum absolute atomic E-state index is 13.3. The lowest BCUT2D eigenvalue weighted by Gasteiger charge is -2.24. The summed E-state index contributed by atoms with van der Waals surface area (Å²) < 4.78 is 5.50. The van der Waals surface area contributed by atoms with E-state index in [9.17, 15) is 4.79 Å². The van der Waals surface area contributed by atoms with E-state index in [1.54, 1.807) is 0 Å². The Morgan fingerprint density at radius 3 is 2.72 bits per heavy atom. The number of para-hydroxylation sites is 2. The van der Waals surface area contributed by atoms with Gasteiger partial charge in [-0.05, 0) is 42.7 Å². The SMILES string of the molecule is CN1CCCN(C(=O)c2cccc([C@H]3CCOC3)c2)c2ccccc21. The van der Waals surface area contributed by atoms with Crippen LogP contribution in [0.15, 0.2) is 48.5 Å². The van der Waals surface area contributed by atoms with Crippen molar-refractivity contribution in [1.82, 2.24) is 0 Å². The minimum Gasteiger partial charge on any atom is -0.381 e. The summed E-state index contributed by atoms with van der Waals surface area (Å²) >= 11 is 0. The molecule has 1 saturated heterocycles. The quantitative estimate of drug-likeness (QED) is 0.839. The third kappa shape index (κ3) is 3.14. The number of hydrogen-bond donors (Lipinski definition) is 0. The van der Waals surface area contributed by atoms with Gasteiger partial charge in [-0.3, -0.25) is 4.79 Å². The monoisotopic (exact) mass is 336 g/mol. The van der Waals surface area contributed by atoms with Crippen LogP contribution >= 0.6 is 0 Å². The standard InChI is InChI=1S/C21H24N2O2/c1-22-11-5-12-23(20-9-3-2-8-19(20)22)21(24)17-7-4-6-16(14-17)18-10-13-25-15-18/h2-4,6-9,14,18H,5,10-13,15H2,1H3/t18-/m0/s1. The van der Waals surface area contributed by atoms with E-state index in [1.165, 1.54) is 5.56 Å². The highest BCUT2D eigenvalue weighted by atomic mass is 16.5. The van der Waals surface area contributed by atoms with E-state index >= 15 is 0 Å². The lowest BCUT2D eigenvalue weighted by Crippen LogP contribution is -2.31. The number of fused-ring (bicyclic) bond motifs is 1. The van der Waals surface area contributed by atoms with E-state index in [0.29, 0.717) is 5.92 Å². The molecule has 4 heteroatoms. The van der Waals surface area contributed by atoms with Gasteiger partial charge < -0.3 is 14.5 Å². The van der Waals surface area contributed by atoms with Crippen molar-refractivity contribution in [3.8, 4) is 0 Å². The van der Waals surface area contributed by atoms with Gasteiger partial charge in [0.2, 0.25) is 0 Å². The summed E-state index contributed by atoms with van der Waals surface area (Å²) in [5, 5.41) is 0. The number of rotatable bonds is 2. The van der Waals surface area contributed by atoms with E-state index in [2.05, 4.69) is 30.1 Å². The minimum atomic E-state index is 0.0866. The van der Waals surface area contributed by atoms with Crippen molar-refractivity contribution in [2.75, 3.05) is 43.2 Å². The average Bonchev–Trinajstić information content (AvgIpc) is 3.14. The van der Waals surface area contributed by atoms with Crippen molar-refractivity contribution >= 4 is 17.3 Å². The van der Waals surface area contributed by atoms with Crippen molar-refractivity contribution in [2.45, 2.75) is 18.8 Å². The van der Waals surface area contributed by atoms with Crippen molar-refractivity contribution in [1.29, 1.82) is 0 Å². The number of carbonyl (C=O) groups is 1. The Labute approximate surface area is 149 Å². The molecule has 2 aliphatic rings. The van der Waals surface area contributed by atoms with Crippen molar-refractivity contribution in [2.24, 2.45) is 0 Å². The first-order valence-corrected chi connectivity index (χ1v) is 9.04. The van der Waals surface area contributed by atoms with E-state index in [0.717, 1.165) is 56.1 Å². The molecule has 0 saturated carbocycles. The van der Waals surface area contributed by atoms with Gasteiger partial charge >= 0.3 is 0 Å². The van der Waals surface area contributed by atoms with Crippen LogP contribution in [0.5, 0.6) is 0 Å². The van der Waals surface area contributed by atoms with Gasteiger partial charge in [-0.1, -0.05) is 24.3 Å². The summed E-state index contributed by atoms with van der Waals surface area (Å²) in [6.07, 6.45) is 2.00. The third-order valence-electron chi connectivity index (χ3n) is 5.24. The van der Waals surface area contributed by atoms with Crippen LogP contribution in [-0.4, -0.2) is 39.3 Å². The maximum Gasteiger partial charge on any atom is 0.258 e. The Morgan fingerprint density at radius 2 is 1.92 bits per heavy atom. The average molecular weight is 336 g/mol. The van der Waals surface area contributed by atoms with Gasteiger partial charge in [0.1, 0.15) is 0 Å². The highest BCUT2D eigenvalue weighted by molar-refractivity contribution is 6.08. The van der Waals surface area contributed by atoms with Gasteiger partial charge in [0.25, 0.3) is 5.91 Å². The second-order valence-electron chi connectivity index (χ2n) is 6.91. The molecule has 4 rings (SSSR count). The number of amides is 1. The maximum atomic E-state index is 13.3. The molecule has 1 atom stereocenters. The van der Waals surface area contributed by atoms with E-state index in [1.807, 2.05) is 35.2 Å². The van der Waals surface area contributed by atoms with Crippen LogP contribution in [0, 0.1) is 0 Å². The summed E-state index contributed by atoms with van der Waals surface area (Å²) in [7, 11) is 2.09. The molecule has 1 amide bonds. The number of nitrogens with zero attached hydrogens (tertiary/aromatic N) is 2. The largest absolute Gasteiger partial charge is 0.381 e. The predicted molar refractivity (Wildman–Crippen MR) is 101 cm³/mol. The molecule has 0 unspecified atom stereocenters. The molecule has 2 aromatic carbocycles. The fourth-order valence-corrected chi connectivity index (χ4v) is 3.81. The Hall–Kier alpha value is -2.33. The van der Waals surface area contributed by atoms with Crippen LogP contribution in [0.2, 0.25) is 0 Å². The molecule has 1 fully saturated rings. The minimum absolute atomic E-state index is 0.0866. The lowest BCUT2D eigenvalue weighted by molar-refractivity contribution is 0.0987. The Bertz CT molecular complexity index is 768. The first-order chi connectivity index (χ1) is 12.2. The number of benzene rings is 2. The van der Waals surface area contributed by atoms with Crippen molar-refractivity contribution in [3.63, 3.8) is 0 Å². The smallest absolute Gasteiger partial charge is 0.258 e. The molecular formula is C21H24N2O2. The van der Waals surface area contributed by atoms with E-state index in [4.69, 9.17) is 4.74 Å². The van der Waals surface area contributed by atoms with Crippen LogP contribution < -0.4 is 9.80 Å². The summed E-state index contributed by atoms with van der Waals surface area (Å²) in [5.74, 6) is 0.499. The Balaban J connectivity index is 1.66. The van der Waals surface area contributed by atoms with Gasteiger partial charge in [0.05, 0.1) is 18.0 Å². The first kappa shape index (κ1) is 16.2. The number of hydrogen-bond acceptors (Lipinski definition) is 3. The molecule has 2 aromatic rings. The fraction of sp³-hybridized carbons (Fsp3) is 0.381. The topological polar surface area (TPSA) is 32.8 Å². The zero-order chi connectivity index (χ0) is 17.2. The molecule has 0 N–H and O–H groups in total. The summed E-state index contributed by atoms with van der Waals surface area (Å²) in [4.78, 5) is 17.4. The second kappa shape index (κ2) is 6.89. The molecule has 4 nitrogen and oxygen atoms in total. The Kier molecular flexibility index (Phi) is 4.45. The molecular weight excluding hydrogens is 312 g/mol. The van der Waals surface area contributed by atoms with Crippen molar-refractivity contribution in [3.05, 3.63) is 59.7 Å². The molecule has 25 heavy (non-hydrogen) atoms. The van der Waals surface area contributed by atoms with Gasteiger partial charge in [0, 0.05) is 38.2 Å². The summed E-state index contributed by atoms with van der Waals surface area (Å²) in [5.41, 5.74) is 4.10. The molecule has 0 aliphatic carbocycles. The van der Waals surface area contributed by atoms with Crippen LogP contribution in [0.1, 0.15) is 34.7 Å². The summed E-state index contributed by atoms with van der Waals surface area (Å²) in [6, 6.07) is 16.3. The highest BCUT2D eigenvalue weighted by Crippen LogP contribution is 2.33. The fourth-order valence-electron chi connectivity index (χ4n) is 3.81. The number of anilines is 2. The molecule has 0 radical (unpaired) electrons. The first-order valence-electron chi connectivity index (χ1n) is 9.04. The van der Waals surface area contributed by atoms with Crippen LogP contribution in [0.4, 0.5) is 11.4 Å². The van der Waals surface area contributed by atoms with Crippen LogP contribution in [0.25, 0.3) is 0 Å². The lowest BCUT2D eigenvalue weighted by atomic mass is 9.96. The zero-order valence-electron chi connectivity index (χ0n) is 14.6. The zero-order valence-corrected chi connectivity index (χ0v) is 14.6. The molecule has 2 aliphatic heterocycles. The number of ether oxygens (including phenoxy) is 1. The van der Waals surface area contributed by atoms with Crippen molar-refractivity contribution < 1.29 is 9.53 Å². The third-order valence-corrected chi connectivity index (χ3v) is 5.24. The molecule has 0 spiro atoms. The van der Waals surface area contributed by atoms with E-state index < -0.39 is 0 Å². The van der Waals surface area contributed by atoms with E-state index in [-0.39, 0.29) is 5.91 Å². The van der Waals surface area contributed by atoms with Gasteiger partial charge in [-0.25, -0.2) is 0 Å². The molecule has 0 bridgehead atoms. The normalized spacial score (nSPS) is 20.3. The second-order valence-corrected chi connectivity index (χ2v) is 6.91. The number of carbonyl (C=O) groups excluding carboxylic acids is 1. The predicted octanol–water partition coefficient (Wildman–Crippen LogP) is 3.68. The molecule has 2 heterocycles. The summed E-state index contributed by atoms with van der Waals surface area (Å²) in [6.45, 7) is 3.28. The van der Waals surface area contributed by atoms with Crippen LogP contribution in [-0.2, 0) is 4.74 Å². The van der Waals surface area contributed by atoms with Gasteiger partial charge in [-0.15, -0.1) is 0 Å².